The number of hydrogen-bond acceptors (Lipinski definition) is 3. The van der Waals surface area contributed by atoms with Crippen LogP contribution in [0.1, 0.15) is 6.42 Å². The highest BCUT2D eigenvalue weighted by Crippen LogP contribution is 2.31. The van der Waals surface area contributed by atoms with Gasteiger partial charge in [-0.2, -0.15) is 0 Å². The van der Waals surface area contributed by atoms with Gasteiger partial charge in [0, 0.05) is 24.9 Å². The Morgan fingerprint density at radius 1 is 1.35 bits per heavy atom. The molecule has 1 unspecified atom stereocenters. The third kappa shape index (κ3) is 3.25. The maximum absolute atomic E-state index is 13.7. The fraction of sp³-hybridized carbons (Fsp3) is 0.364. The highest BCUT2D eigenvalue weighted by atomic mass is 35.5. The molecule has 2 rings (SSSR count). The zero-order valence-electron chi connectivity index (χ0n) is 10.1. The Kier molecular flexibility index (Phi) is 3.99. The van der Waals surface area contributed by atoms with Crippen LogP contribution in [0.3, 0.4) is 0 Å². The molecule has 1 fully saturated rings. The molecule has 20 heavy (non-hydrogen) atoms. The average molecular weight is 325 g/mol. The van der Waals surface area contributed by atoms with Crippen LogP contribution in [0, 0.1) is 17.6 Å². The Morgan fingerprint density at radius 3 is 2.60 bits per heavy atom. The molecule has 1 aliphatic heterocycles. The van der Waals surface area contributed by atoms with Crippen LogP contribution in [0.4, 0.5) is 14.5 Å². The van der Waals surface area contributed by atoms with E-state index in [0.717, 1.165) is 11.0 Å². The van der Waals surface area contributed by atoms with Crippen LogP contribution >= 0.6 is 11.6 Å². The molecule has 0 spiro atoms. The molecular weight excluding hydrogens is 314 g/mol. The summed E-state index contributed by atoms with van der Waals surface area (Å²) in [4.78, 5) is 12.9. The molecule has 0 radical (unpaired) electrons. The molecule has 0 aromatic heterocycles. The first-order chi connectivity index (χ1) is 9.17. The fourth-order valence-corrected chi connectivity index (χ4v) is 3.21. The van der Waals surface area contributed by atoms with Crippen LogP contribution < -0.4 is 10.0 Å². The number of carbonyl (C=O) groups excluding carboxylic acids is 1. The molecule has 0 bridgehead atoms. The summed E-state index contributed by atoms with van der Waals surface area (Å²) in [5.74, 6) is -3.22. The highest BCUT2D eigenvalue weighted by Gasteiger charge is 2.34. The standard InChI is InChI=1S/C11H11ClF2N2O3S/c12-7-2-10(9(14)3-8(7)13)16-4-6(1-11(16)17)5-20(15,18)19/h2-3,6H,1,4-5H2,(H2,15,18,19). The van der Waals surface area contributed by atoms with Crippen LogP contribution in [0.5, 0.6) is 0 Å². The number of nitrogens with two attached hydrogens (primary N) is 1. The molecule has 5 nitrogen and oxygen atoms in total. The Morgan fingerprint density at radius 2 is 2.00 bits per heavy atom. The van der Waals surface area contributed by atoms with E-state index in [9.17, 15) is 22.0 Å². The van der Waals surface area contributed by atoms with Gasteiger partial charge in [0.15, 0.2) is 0 Å². The van der Waals surface area contributed by atoms with E-state index in [4.69, 9.17) is 16.7 Å². The van der Waals surface area contributed by atoms with Gasteiger partial charge >= 0.3 is 0 Å². The lowest BCUT2D eigenvalue weighted by molar-refractivity contribution is -0.117. The smallest absolute Gasteiger partial charge is 0.227 e. The zero-order chi connectivity index (χ0) is 15.1. The minimum atomic E-state index is -3.72. The van der Waals surface area contributed by atoms with Crippen molar-refractivity contribution in [3.63, 3.8) is 0 Å². The van der Waals surface area contributed by atoms with Crippen molar-refractivity contribution in [1.82, 2.24) is 0 Å². The Bertz CT molecular complexity index is 666. The van der Waals surface area contributed by atoms with Crippen molar-refractivity contribution < 1.29 is 22.0 Å². The summed E-state index contributed by atoms with van der Waals surface area (Å²) in [7, 11) is -3.72. The quantitative estimate of drug-likeness (QED) is 0.850. The molecule has 1 amide bonds. The predicted octanol–water partition coefficient (Wildman–Crippen LogP) is 1.26. The van der Waals surface area contributed by atoms with Gasteiger partial charge in [0.25, 0.3) is 0 Å². The molecule has 1 aromatic carbocycles. The average Bonchev–Trinajstić information content (AvgIpc) is 2.62. The summed E-state index contributed by atoms with van der Waals surface area (Å²) in [6.07, 6.45) is -0.0646. The van der Waals surface area contributed by atoms with E-state index in [1.165, 1.54) is 0 Å². The maximum Gasteiger partial charge on any atom is 0.227 e. The lowest BCUT2D eigenvalue weighted by atomic mass is 10.1. The number of nitrogens with zero attached hydrogens (tertiary/aromatic N) is 1. The predicted molar refractivity (Wildman–Crippen MR) is 69.8 cm³/mol. The van der Waals surface area contributed by atoms with E-state index < -0.39 is 33.5 Å². The van der Waals surface area contributed by atoms with Gasteiger partial charge in [-0.05, 0) is 6.07 Å². The van der Waals surface area contributed by atoms with Gasteiger partial charge in [-0.15, -0.1) is 0 Å². The first-order valence-corrected chi connectivity index (χ1v) is 7.72. The van der Waals surface area contributed by atoms with E-state index in [0.29, 0.717) is 6.07 Å². The summed E-state index contributed by atoms with van der Waals surface area (Å²) in [6.45, 7) is -0.00581. The molecule has 9 heteroatoms. The second-order valence-electron chi connectivity index (χ2n) is 4.62. The normalized spacial score (nSPS) is 19.7. The number of benzene rings is 1. The third-order valence-corrected chi connectivity index (χ3v) is 4.18. The number of hydrogen-bond donors (Lipinski definition) is 1. The largest absolute Gasteiger partial charge is 0.309 e. The molecule has 0 aliphatic carbocycles. The molecule has 1 atom stereocenters. The highest BCUT2D eigenvalue weighted by molar-refractivity contribution is 7.89. The monoisotopic (exact) mass is 324 g/mol. The van der Waals surface area contributed by atoms with Crippen LogP contribution in [0.25, 0.3) is 0 Å². The summed E-state index contributed by atoms with van der Waals surface area (Å²) in [5.41, 5.74) is -0.168. The first-order valence-electron chi connectivity index (χ1n) is 5.63. The van der Waals surface area contributed by atoms with Crippen molar-refractivity contribution in [3.05, 3.63) is 28.8 Å². The van der Waals surface area contributed by atoms with Gasteiger partial charge in [0.1, 0.15) is 11.6 Å². The summed E-state index contributed by atoms with van der Waals surface area (Å²) >= 11 is 5.56. The third-order valence-electron chi connectivity index (χ3n) is 2.95. The van der Waals surface area contributed by atoms with Crippen LogP contribution in [-0.4, -0.2) is 26.6 Å². The number of anilines is 1. The van der Waals surface area contributed by atoms with Crippen molar-refractivity contribution in [3.8, 4) is 0 Å². The minimum absolute atomic E-state index is 0.00581. The Labute approximate surface area is 119 Å². The van der Waals surface area contributed by atoms with Gasteiger partial charge in [-0.25, -0.2) is 22.3 Å². The summed E-state index contributed by atoms with van der Waals surface area (Å²) < 4.78 is 48.8. The minimum Gasteiger partial charge on any atom is -0.309 e. The van der Waals surface area contributed by atoms with E-state index in [2.05, 4.69) is 0 Å². The van der Waals surface area contributed by atoms with Gasteiger partial charge < -0.3 is 4.90 Å². The lowest BCUT2D eigenvalue weighted by Crippen LogP contribution is -2.28. The van der Waals surface area contributed by atoms with Crippen molar-refractivity contribution in [2.45, 2.75) is 6.42 Å². The Balaban J connectivity index is 2.26. The van der Waals surface area contributed by atoms with Gasteiger partial charge in [0.05, 0.1) is 16.5 Å². The number of amides is 1. The molecule has 1 aliphatic rings. The SMILES string of the molecule is NS(=O)(=O)CC1CC(=O)N(c2cc(Cl)c(F)cc2F)C1. The first kappa shape index (κ1) is 15.1. The van der Waals surface area contributed by atoms with E-state index in [1.807, 2.05) is 0 Å². The van der Waals surface area contributed by atoms with Gasteiger partial charge in [-0.3, -0.25) is 4.79 Å². The fourth-order valence-electron chi connectivity index (χ4n) is 2.17. The van der Waals surface area contributed by atoms with E-state index >= 15 is 0 Å². The molecule has 110 valence electrons. The molecule has 1 aromatic rings. The molecule has 1 heterocycles. The number of sulfonamides is 1. The number of halogens is 3. The van der Waals surface area contributed by atoms with E-state index in [1.54, 1.807) is 0 Å². The number of carbonyl (C=O) groups is 1. The van der Waals surface area contributed by atoms with Crippen LogP contribution in [-0.2, 0) is 14.8 Å². The topological polar surface area (TPSA) is 80.5 Å². The van der Waals surface area contributed by atoms with E-state index in [-0.39, 0.29) is 29.4 Å². The van der Waals surface area contributed by atoms with Crippen molar-refractivity contribution in [1.29, 1.82) is 0 Å². The zero-order valence-corrected chi connectivity index (χ0v) is 11.7. The van der Waals surface area contributed by atoms with Gasteiger partial charge in [-0.1, -0.05) is 11.6 Å². The summed E-state index contributed by atoms with van der Waals surface area (Å²) in [5, 5.41) is 4.60. The second-order valence-corrected chi connectivity index (χ2v) is 6.69. The molecule has 2 N–H and O–H groups in total. The van der Waals surface area contributed by atoms with Crippen LogP contribution in [0.2, 0.25) is 5.02 Å². The lowest BCUT2D eigenvalue weighted by Gasteiger charge is -2.18. The molecular formula is C11H11ClF2N2O3S. The van der Waals surface area contributed by atoms with Crippen molar-refractivity contribution >= 4 is 33.2 Å². The Hall–Kier alpha value is -1.25. The number of primary sulfonamides is 1. The maximum atomic E-state index is 13.7. The second kappa shape index (κ2) is 5.27. The van der Waals surface area contributed by atoms with Crippen LogP contribution in [0.15, 0.2) is 12.1 Å². The molecule has 0 saturated carbocycles. The van der Waals surface area contributed by atoms with Crippen molar-refractivity contribution in [2.75, 3.05) is 17.2 Å². The van der Waals surface area contributed by atoms with Crippen molar-refractivity contribution in [2.24, 2.45) is 11.1 Å². The number of rotatable bonds is 3. The summed E-state index contributed by atoms with van der Waals surface area (Å²) in [6, 6.07) is 1.58. The van der Waals surface area contributed by atoms with Gasteiger partial charge in [0.2, 0.25) is 15.9 Å². The molecule has 1 saturated heterocycles.